The number of carbonyl (C=O) groups excluding carboxylic acids is 1. The zero-order chi connectivity index (χ0) is 12.1. The molecule has 1 fully saturated rings. The van der Waals surface area contributed by atoms with Crippen molar-refractivity contribution in [3.63, 3.8) is 0 Å². The lowest BCUT2D eigenvalue weighted by molar-refractivity contribution is -0.131. The third-order valence-electron chi connectivity index (χ3n) is 2.73. The molecule has 0 bridgehead atoms. The molecule has 1 N–H and O–H groups in total. The van der Waals surface area contributed by atoms with Crippen LogP contribution in [-0.4, -0.2) is 48.8 Å². The summed E-state index contributed by atoms with van der Waals surface area (Å²) in [5.41, 5.74) is 0. The summed E-state index contributed by atoms with van der Waals surface area (Å²) in [5, 5.41) is 6.86. The summed E-state index contributed by atoms with van der Waals surface area (Å²) in [4.78, 5) is 13.5. The van der Waals surface area contributed by atoms with E-state index in [0.29, 0.717) is 25.3 Å². The molecular weight excluding hydrogens is 258 g/mol. The van der Waals surface area contributed by atoms with E-state index in [0.717, 1.165) is 13.2 Å². The Labute approximate surface area is 112 Å². The van der Waals surface area contributed by atoms with Crippen LogP contribution in [0.2, 0.25) is 0 Å². The molecule has 1 aromatic rings. The van der Waals surface area contributed by atoms with Crippen LogP contribution in [0.15, 0.2) is 16.8 Å². The molecule has 7 heteroatoms. The summed E-state index contributed by atoms with van der Waals surface area (Å²) in [7, 11) is 1.76. The van der Waals surface area contributed by atoms with Crippen LogP contribution < -0.4 is 5.32 Å². The Morgan fingerprint density at radius 1 is 1.67 bits per heavy atom. The molecule has 6 nitrogen and oxygen atoms in total. The van der Waals surface area contributed by atoms with Crippen molar-refractivity contribution in [2.24, 2.45) is 0 Å². The number of nitrogens with zero attached hydrogens (tertiary/aromatic N) is 2. The fourth-order valence-electron chi connectivity index (χ4n) is 1.76. The Hall–Kier alpha value is -1.11. The highest BCUT2D eigenvalue weighted by atomic mass is 35.5. The first-order valence-electron chi connectivity index (χ1n) is 5.70. The van der Waals surface area contributed by atoms with Gasteiger partial charge in [0.2, 0.25) is 5.91 Å². The van der Waals surface area contributed by atoms with Crippen LogP contribution in [-0.2, 0) is 16.1 Å². The van der Waals surface area contributed by atoms with Gasteiger partial charge in [0.25, 0.3) is 0 Å². The zero-order valence-electron chi connectivity index (χ0n) is 10.3. The minimum atomic E-state index is 0. The van der Waals surface area contributed by atoms with E-state index in [-0.39, 0.29) is 24.4 Å². The van der Waals surface area contributed by atoms with Crippen molar-refractivity contribution in [2.75, 3.05) is 26.8 Å². The number of ether oxygens (including phenoxy) is 1. The first kappa shape index (κ1) is 14.9. The number of hydrogen-bond acceptors (Lipinski definition) is 5. The van der Waals surface area contributed by atoms with Gasteiger partial charge in [-0.05, 0) is 0 Å². The normalized spacial score (nSPS) is 19.1. The molecule has 1 saturated heterocycles. The number of nitrogens with one attached hydrogen (secondary N) is 1. The lowest BCUT2D eigenvalue weighted by Gasteiger charge is -2.25. The van der Waals surface area contributed by atoms with Gasteiger partial charge in [0.05, 0.1) is 26.0 Å². The van der Waals surface area contributed by atoms with Gasteiger partial charge >= 0.3 is 0 Å². The van der Waals surface area contributed by atoms with Gasteiger partial charge in [-0.15, -0.1) is 12.4 Å². The van der Waals surface area contributed by atoms with Crippen LogP contribution in [0.5, 0.6) is 0 Å². The topological polar surface area (TPSA) is 67.6 Å². The Kier molecular flexibility index (Phi) is 6.11. The van der Waals surface area contributed by atoms with Crippen LogP contribution in [0.25, 0.3) is 0 Å². The van der Waals surface area contributed by atoms with Gasteiger partial charge in [0, 0.05) is 32.1 Å². The Morgan fingerprint density at radius 2 is 2.50 bits per heavy atom. The molecular formula is C11H18ClN3O3. The third-order valence-corrected chi connectivity index (χ3v) is 2.73. The van der Waals surface area contributed by atoms with Crippen LogP contribution >= 0.6 is 12.4 Å². The van der Waals surface area contributed by atoms with Gasteiger partial charge < -0.3 is 19.5 Å². The van der Waals surface area contributed by atoms with E-state index in [1.54, 1.807) is 24.2 Å². The number of morpholine rings is 1. The molecule has 0 aliphatic carbocycles. The number of rotatable bonds is 4. The lowest BCUT2D eigenvalue weighted by atomic mass is 10.2. The number of halogens is 1. The molecule has 0 saturated carbocycles. The molecule has 1 aliphatic heterocycles. The van der Waals surface area contributed by atoms with Gasteiger partial charge in [-0.2, -0.15) is 0 Å². The maximum Gasteiger partial charge on any atom is 0.224 e. The molecule has 1 aliphatic rings. The third kappa shape index (κ3) is 4.29. The second-order valence-electron chi connectivity index (χ2n) is 4.16. The minimum Gasteiger partial charge on any atom is -0.378 e. The van der Waals surface area contributed by atoms with E-state index < -0.39 is 0 Å². The van der Waals surface area contributed by atoms with E-state index >= 15 is 0 Å². The standard InChI is InChI=1S/C11H17N3O3.ClH/c1-14(7-10-2-3-13-17-10)11(15)6-9-8-16-5-4-12-9;/h2-3,9,12H,4-8H2,1H3;1H. The summed E-state index contributed by atoms with van der Waals surface area (Å²) in [6, 6.07) is 1.87. The average molecular weight is 276 g/mol. The Balaban J connectivity index is 0.00000162. The van der Waals surface area contributed by atoms with Gasteiger partial charge in [0.1, 0.15) is 0 Å². The molecule has 0 spiro atoms. The Bertz CT molecular complexity index is 352. The predicted octanol–water partition coefficient (Wildman–Crippen LogP) is 0.433. The highest BCUT2D eigenvalue weighted by Gasteiger charge is 2.19. The first-order valence-corrected chi connectivity index (χ1v) is 5.70. The van der Waals surface area contributed by atoms with Gasteiger partial charge in [-0.25, -0.2) is 0 Å². The fraction of sp³-hybridized carbons (Fsp3) is 0.636. The fourth-order valence-corrected chi connectivity index (χ4v) is 1.76. The van der Waals surface area contributed by atoms with E-state index in [1.807, 2.05) is 0 Å². The second kappa shape index (κ2) is 7.35. The molecule has 0 radical (unpaired) electrons. The monoisotopic (exact) mass is 275 g/mol. The smallest absolute Gasteiger partial charge is 0.224 e. The number of carbonyl (C=O) groups is 1. The van der Waals surface area contributed by atoms with Crippen molar-refractivity contribution >= 4 is 18.3 Å². The highest BCUT2D eigenvalue weighted by Crippen LogP contribution is 2.06. The van der Waals surface area contributed by atoms with Crippen molar-refractivity contribution in [3.8, 4) is 0 Å². The van der Waals surface area contributed by atoms with Crippen LogP contribution in [0.4, 0.5) is 0 Å². The van der Waals surface area contributed by atoms with E-state index in [9.17, 15) is 4.79 Å². The molecule has 18 heavy (non-hydrogen) atoms. The van der Waals surface area contributed by atoms with E-state index in [2.05, 4.69) is 10.5 Å². The summed E-state index contributed by atoms with van der Waals surface area (Å²) >= 11 is 0. The van der Waals surface area contributed by atoms with Gasteiger partial charge in [0.15, 0.2) is 5.76 Å². The molecule has 1 aromatic heterocycles. The summed E-state index contributed by atoms with van der Waals surface area (Å²) < 4.78 is 10.3. The molecule has 0 aromatic carbocycles. The van der Waals surface area contributed by atoms with Crippen molar-refractivity contribution < 1.29 is 14.1 Å². The van der Waals surface area contributed by atoms with Crippen molar-refractivity contribution in [2.45, 2.75) is 19.0 Å². The van der Waals surface area contributed by atoms with E-state index in [4.69, 9.17) is 9.26 Å². The lowest BCUT2D eigenvalue weighted by Crippen LogP contribution is -2.44. The predicted molar refractivity (Wildman–Crippen MR) is 67.5 cm³/mol. The maximum atomic E-state index is 11.9. The zero-order valence-corrected chi connectivity index (χ0v) is 11.1. The average Bonchev–Trinajstić information content (AvgIpc) is 2.83. The summed E-state index contributed by atoms with van der Waals surface area (Å²) in [6.07, 6.45) is 2.02. The van der Waals surface area contributed by atoms with Crippen LogP contribution in [0.3, 0.4) is 0 Å². The number of hydrogen-bond donors (Lipinski definition) is 1. The number of amides is 1. The second-order valence-corrected chi connectivity index (χ2v) is 4.16. The quantitative estimate of drug-likeness (QED) is 0.863. The highest BCUT2D eigenvalue weighted by molar-refractivity contribution is 5.85. The number of aromatic nitrogens is 1. The molecule has 1 unspecified atom stereocenters. The van der Waals surface area contributed by atoms with Crippen molar-refractivity contribution in [1.82, 2.24) is 15.4 Å². The van der Waals surface area contributed by atoms with Gasteiger partial charge in [-0.3, -0.25) is 4.79 Å². The van der Waals surface area contributed by atoms with Crippen LogP contribution in [0, 0.1) is 0 Å². The van der Waals surface area contributed by atoms with Crippen molar-refractivity contribution in [3.05, 3.63) is 18.0 Å². The van der Waals surface area contributed by atoms with Gasteiger partial charge in [-0.1, -0.05) is 5.16 Å². The van der Waals surface area contributed by atoms with E-state index in [1.165, 1.54) is 0 Å². The first-order chi connectivity index (χ1) is 8.25. The molecule has 2 rings (SSSR count). The molecule has 1 amide bonds. The minimum absolute atomic E-state index is 0. The van der Waals surface area contributed by atoms with Crippen LogP contribution in [0.1, 0.15) is 12.2 Å². The SMILES string of the molecule is CN(Cc1ccno1)C(=O)CC1COCCN1.Cl. The molecule has 2 heterocycles. The van der Waals surface area contributed by atoms with Crippen molar-refractivity contribution in [1.29, 1.82) is 0 Å². The largest absolute Gasteiger partial charge is 0.378 e. The summed E-state index contributed by atoms with van der Waals surface area (Å²) in [5.74, 6) is 0.762. The summed E-state index contributed by atoms with van der Waals surface area (Å²) in [6.45, 7) is 2.58. The molecule has 102 valence electrons. The Morgan fingerprint density at radius 3 is 3.11 bits per heavy atom. The maximum absolute atomic E-state index is 11.9. The molecule has 1 atom stereocenters.